The molecular formula is C13H9N3O4S. The van der Waals surface area contributed by atoms with E-state index in [1.165, 1.54) is 6.08 Å². The van der Waals surface area contributed by atoms with Gasteiger partial charge in [0.05, 0.1) is 5.69 Å². The number of benzene rings is 1. The Bertz CT molecular complexity index is 1020. The molecule has 0 fully saturated rings. The number of aromatic hydroxyl groups is 1. The minimum atomic E-state index is -2.67. The van der Waals surface area contributed by atoms with Gasteiger partial charge >= 0.3 is 0 Å². The Kier molecular flexibility index (Phi) is 3.07. The van der Waals surface area contributed by atoms with Gasteiger partial charge in [0.2, 0.25) is 10.7 Å². The van der Waals surface area contributed by atoms with Gasteiger partial charge in [0.1, 0.15) is 5.56 Å². The first-order chi connectivity index (χ1) is 10.1. The maximum absolute atomic E-state index is 11.9. The quantitative estimate of drug-likeness (QED) is 0.683. The summed E-state index contributed by atoms with van der Waals surface area (Å²) < 4.78 is 21.1. The lowest BCUT2D eigenvalue weighted by Crippen LogP contribution is -2.12. The molecule has 0 spiro atoms. The number of allylic oxidation sites excluding steroid dienone is 1. The Balaban J connectivity index is 2.22. The Morgan fingerprint density at radius 2 is 1.95 bits per heavy atom. The number of nitrogens with one attached hydrogen (secondary N) is 2. The van der Waals surface area contributed by atoms with Crippen LogP contribution < -0.4 is 5.56 Å². The molecule has 0 unspecified atom stereocenters. The van der Waals surface area contributed by atoms with Crippen LogP contribution in [0.3, 0.4) is 0 Å². The fourth-order valence-electron chi connectivity index (χ4n) is 2.01. The third-order valence-corrected chi connectivity index (χ3v) is 3.52. The van der Waals surface area contributed by atoms with E-state index in [1.54, 1.807) is 6.21 Å². The molecule has 0 saturated carbocycles. The molecule has 106 valence electrons. The number of nitrogens with zero attached hydrogens (tertiary/aromatic N) is 1. The Morgan fingerprint density at radius 1 is 1.19 bits per heavy atom. The van der Waals surface area contributed by atoms with E-state index in [9.17, 15) is 18.3 Å². The first-order valence-corrected chi connectivity index (χ1v) is 6.97. The molecule has 3 N–H and O–H groups in total. The molecule has 1 aromatic heterocycles. The van der Waals surface area contributed by atoms with Gasteiger partial charge in [-0.1, -0.05) is 18.2 Å². The van der Waals surface area contributed by atoms with Gasteiger partial charge in [-0.05, 0) is 12.1 Å². The van der Waals surface area contributed by atoms with Crippen molar-refractivity contribution in [2.75, 3.05) is 0 Å². The van der Waals surface area contributed by atoms with Crippen molar-refractivity contribution in [3.63, 3.8) is 0 Å². The second-order valence-corrected chi connectivity index (χ2v) is 5.16. The molecule has 0 aliphatic carbocycles. The summed E-state index contributed by atoms with van der Waals surface area (Å²) in [6, 6.07) is 7.34. The molecule has 0 amide bonds. The molecule has 2 aromatic rings. The summed E-state index contributed by atoms with van der Waals surface area (Å²) in [4.78, 5) is 20.4. The predicted octanol–water partition coefficient (Wildman–Crippen LogP) is 1.08. The number of hydrogen-bond donors (Lipinski definition) is 3. The maximum Gasteiger partial charge on any atom is 0.262 e. The van der Waals surface area contributed by atoms with E-state index in [1.807, 2.05) is 24.3 Å². The third-order valence-electron chi connectivity index (χ3n) is 2.98. The Hall–Kier alpha value is -2.87. The van der Waals surface area contributed by atoms with Gasteiger partial charge in [-0.25, -0.2) is 0 Å². The lowest BCUT2D eigenvalue weighted by atomic mass is 10.1. The number of H-pyrrole nitrogens is 2. The van der Waals surface area contributed by atoms with Gasteiger partial charge < -0.3 is 5.11 Å². The van der Waals surface area contributed by atoms with Crippen LogP contribution >= 0.6 is 0 Å². The number of aromatic nitrogens is 2. The second-order valence-electron chi connectivity index (χ2n) is 4.28. The first kappa shape index (κ1) is 13.1. The van der Waals surface area contributed by atoms with Crippen LogP contribution in [0.1, 0.15) is 11.1 Å². The summed E-state index contributed by atoms with van der Waals surface area (Å²) in [6.07, 6.45) is 3.01. The highest BCUT2D eigenvalue weighted by Crippen LogP contribution is 2.32. The minimum Gasteiger partial charge on any atom is -0.494 e. The van der Waals surface area contributed by atoms with Crippen molar-refractivity contribution in [2.24, 2.45) is 4.99 Å². The van der Waals surface area contributed by atoms with E-state index in [0.29, 0.717) is 5.57 Å². The van der Waals surface area contributed by atoms with Gasteiger partial charge in [-0.3, -0.25) is 19.8 Å². The summed E-state index contributed by atoms with van der Waals surface area (Å²) in [5.41, 5.74) is 1.46. The lowest BCUT2D eigenvalue weighted by molar-refractivity contribution is 0.448. The van der Waals surface area contributed by atoms with Gasteiger partial charge in [-0.2, -0.15) is 8.42 Å². The van der Waals surface area contributed by atoms with Crippen LogP contribution in [0.25, 0.3) is 11.6 Å². The number of aromatic amines is 2. The van der Waals surface area contributed by atoms with Crippen molar-refractivity contribution >= 4 is 33.8 Å². The van der Waals surface area contributed by atoms with Crippen LogP contribution in [0.4, 0.5) is 5.69 Å². The van der Waals surface area contributed by atoms with Crippen molar-refractivity contribution in [2.45, 2.75) is 0 Å². The zero-order valence-corrected chi connectivity index (χ0v) is 11.3. The lowest BCUT2D eigenvalue weighted by Gasteiger charge is -2.01. The second kappa shape index (κ2) is 4.91. The minimum absolute atomic E-state index is 0.0673. The highest BCUT2D eigenvalue weighted by molar-refractivity contribution is 7.63. The van der Waals surface area contributed by atoms with Crippen LogP contribution in [-0.2, 0) is 10.3 Å². The van der Waals surface area contributed by atoms with Gasteiger partial charge in [0.15, 0.2) is 0 Å². The van der Waals surface area contributed by atoms with Crippen LogP contribution in [0.2, 0.25) is 0 Å². The van der Waals surface area contributed by atoms with Crippen LogP contribution in [-0.4, -0.2) is 29.7 Å². The molecule has 0 radical (unpaired) electrons. The Labute approximate surface area is 119 Å². The molecule has 21 heavy (non-hydrogen) atoms. The number of para-hydroxylation sites is 1. The summed E-state index contributed by atoms with van der Waals surface area (Å²) >= 11 is 0. The molecule has 3 rings (SSSR count). The zero-order valence-electron chi connectivity index (χ0n) is 10.5. The van der Waals surface area contributed by atoms with Crippen molar-refractivity contribution < 1.29 is 13.5 Å². The first-order valence-electron chi connectivity index (χ1n) is 5.89. The van der Waals surface area contributed by atoms with Crippen molar-refractivity contribution in [1.29, 1.82) is 0 Å². The fourth-order valence-corrected chi connectivity index (χ4v) is 2.37. The summed E-state index contributed by atoms with van der Waals surface area (Å²) in [6.45, 7) is 0. The molecule has 1 aliphatic heterocycles. The largest absolute Gasteiger partial charge is 0.494 e. The highest BCUT2D eigenvalue weighted by Gasteiger charge is 2.13. The molecule has 0 bridgehead atoms. The van der Waals surface area contributed by atoms with E-state index in [2.05, 4.69) is 15.0 Å². The number of hydrogen-bond acceptors (Lipinski definition) is 5. The summed E-state index contributed by atoms with van der Waals surface area (Å²) in [5, 5.41) is 9.79. The van der Waals surface area contributed by atoms with E-state index in [4.69, 9.17) is 0 Å². The fraction of sp³-hybridized carbons (Fsp3) is 0. The third kappa shape index (κ3) is 2.32. The zero-order chi connectivity index (χ0) is 15.0. The van der Waals surface area contributed by atoms with Crippen LogP contribution in [0.5, 0.6) is 5.88 Å². The summed E-state index contributed by atoms with van der Waals surface area (Å²) in [5.74, 6) is -0.525. The van der Waals surface area contributed by atoms with E-state index in [0.717, 1.165) is 11.3 Å². The maximum atomic E-state index is 11.9. The van der Waals surface area contributed by atoms with Crippen molar-refractivity contribution in [3.05, 3.63) is 50.5 Å². The normalized spacial score (nSPS) is 14.4. The van der Waals surface area contributed by atoms with Crippen molar-refractivity contribution in [3.8, 4) is 5.88 Å². The topological polar surface area (TPSA) is 115 Å². The van der Waals surface area contributed by atoms with E-state index >= 15 is 0 Å². The van der Waals surface area contributed by atoms with Crippen LogP contribution in [0.15, 0.2) is 34.1 Å². The number of aliphatic imine (C=N–C) groups is 1. The molecular weight excluding hydrogens is 294 g/mol. The molecule has 0 atom stereocenters. The van der Waals surface area contributed by atoms with Crippen molar-refractivity contribution in [1.82, 2.24) is 9.97 Å². The number of fused-ring (bicyclic) bond motifs is 1. The molecule has 1 aliphatic rings. The van der Waals surface area contributed by atoms with Gasteiger partial charge in [0, 0.05) is 17.4 Å². The Morgan fingerprint density at radius 3 is 2.67 bits per heavy atom. The average molecular weight is 303 g/mol. The van der Waals surface area contributed by atoms with Crippen LogP contribution in [0, 0.1) is 4.77 Å². The van der Waals surface area contributed by atoms with E-state index < -0.39 is 26.5 Å². The monoisotopic (exact) mass is 303 g/mol. The average Bonchev–Trinajstić information content (AvgIpc) is 2.86. The standard InChI is InChI=1S/C13H9N3O4S/c17-11-9(12(18)16-13(15-11)21(19)20)5-7-6-14-10-4-2-1-3-8(7)10/h1-6,15,17H,(H,16,18)/b7-5+. The molecule has 7 nitrogen and oxygen atoms in total. The number of rotatable bonds is 1. The summed E-state index contributed by atoms with van der Waals surface area (Å²) in [7, 11) is -2.67. The molecule has 2 heterocycles. The smallest absolute Gasteiger partial charge is 0.262 e. The van der Waals surface area contributed by atoms with E-state index in [-0.39, 0.29) is 5.56 Å². The molecule has 0 saturated heterocycles. The highest BCUT2D eigenvalue weighted by atomic mass is 32.2. The SMILES string of the molecule is O=c1[nH]c(=S(=O)=O)[nH]c(O)c1/C=C1\C=Nc2ccccc21. The predicted molar refractivity (Wildman–Crippen MR) is 77.7 cm³/mol. The molecule has 1 aromatic carbocycles. The van der Waals surface area contributed by atoms with Gasteiger partial charge in [-0.15, -0.1) is 0 Å². The molecule has 8 heteroatoms. The van der Waals surface area contributed by atoms with Gasteiger partial charge in [0.25, 0.3) is 15.9 Å².